The molecule has 2 aliphatic heterocycles. The fourth-order valence-corrected chi connectivity index (χ4v) is 4.02. The Morgan fingerprint density at radius 3 is 2.45 bits per heavy atom. The maximum absolute atomic E-state index is 13.0. The molecule has 0 radical (unpaired) electrons. The molecule has 3 heterocycles. The third kappa shape index (κ3) is 4.42. The number of rotatable bonds is 4. The second kappa shape index (κ2) is 8.23. The number of anilines is 1. The lowest BCUT2D eigenvalue weighted by Crippen LogP contribution is -2.44. The molecule has 0 saturated carbocycles. The van der Waals surface area contributed by atoms with Crippen LogP contribution in [0.4, 0.5) is 5.69 Å². The molecule has 1 atom stereocenters. The number of aromatic nitrogens is 1. The second-order valence-corrected chi connectivity index (χ2v) is 8.02. The van der Waals surface area contributed by atoms with Crippen molar-refractivity contribution in [2.24, 2.45) is 5.92 Å². The van der Waals surface area contributed by atoms with Crippen LogP contribution in [0.2, 0.25) is 0 Å². The first-order chi connectivity index (χ1) is 14.0. The Kier molecular flexibility index (Phi) is 5.51. The number of nitrogens with zero attached hydrogens (tertiary/aromatic N) is 3. The van der Waals surface area contributed by atoms with Gasteiger partial charge in [0.25, 0.3) is 0 Å². The average molecular weight is 393 g/mol. The normalized spacial score (nSPS) is 20.2. The van der Waals surface area contributed by atoms with E-state index in [1.807, 2.05) is 55.1 Å². The number of carbonyl (C=O) groups excluding carboxylic acids is 2. The molecular formula is C23H27N3O3. The van der Waals surface area contributed by atoms with Gasteiger partial charge in [-0.3, -0.25) is 14.6 Å². The van der Waals surface area contributed by atoms with Crippen LogP contribution in [0.15, 0.2) is 42.6 Å². The van der Waals surface area contributed by atoms with Crippen LogP contribution in [0.5, 0.6) is 5.75 Å². The molecule has 152 valence electrons. The van der Waals surface area contributed by atoms with E-state index in [9.17, 15) is 9.59 Å². The summed E-state index contributed by atoms with van der Waals surface area (Å²) in [7, 11) is 0. The molecule has 1 aromatic carbocycles. The van der Waals surface area contributed by atoms with Crippen molar-refractivity contribution < 1.29 is 14.3 Å². The lowest BCUT2D eigenvalue weighted by Gasteiger charge is -2.33. The lowest BCUT2D eigenvalue weighted by molar-refractivity contribution is -0.137. The summed E-state index contributed by atoms with van der Waals surface area (Å²) >= 11 is 0. The van der Waals surface area contributed by atoms with Gasteiger partial charge in [0.15, 0.2) is 0 Å². The van der Waals surface area contributed by atoms with Crippen LogP contribution in [0.25, 0.3) is 0 Å². The summed E-state index contributed by atoms with van der Waals surface area (Å²) in [6.07, 6.45) is 3.72. The molecule has 0 spiro atoms. The molecule has 29 heavy (non-hydrogen) atoms. The number of carbonyl (C=O) groups is 2. The highest BCUT2D eigenvalue weighted by atomic mass is 16.5. The second-order valence-electron chi connectivity index (χ2n) is 8.02. The number of piperidine rings is 1. The Hall–Kier alpha value is -2.89. The SMILES string of the molecule is Cc1ccc(N2CC(C(=O)N3CCC(Oc4ccc(C)nc4)CC3)CC2=O)cc1. The standard InChI is InChI=1S/C23H27N3O3/c1-16-3-6-19(7-4-16)26-15-18(13-22(26)27)23(28)25-11-9-20(10-12-25)29-21-8-5-17(2)24-14-21/h3-8,14,18,20H,9-13,15H2,1-2H3. The van der Waals surface area contributed by atoms with Crippen LogP contribution in [0, 0.1) is 19.8 Å². The molecule has 2 aliphatic rings. The van der Waals surface area contributed by atoms with E-state index in [1.165, 1.54) is 0 Å². The molecule has 1 unspecified atom stereocenters. The highest BCUT2D eigenvalue weighted by Gasteiger charge is 2.38. The Morgan fingerprint density at radius 1 is 1.07 bits per heavy atom. The quantitative estimate of drug-likeness (QED) is 0.801. The summed E-state index contributed by atoms with van der Waals surface area (Å²) in [4.78, 5) is 33.3. The Morgan fingerprint density at radius 2 is 1.79 bits per heavy atom. The summed E-state index contributed by atoms with van der Waals surface area (Å²) in [5.41, 5.74) is 2.98. The van der Waals surface area contributed by atoms with Crippen LogP contribution < -0.4 is 9.64 Å². The molecule has 0 aliphatic carbocycles. The highest BCUT2D eigenvalue weighted by Crippen LogP contribution is 2.28. The molecule has 2 aromatic rings. The van der Waals surface area contributed by atoms with Gasteiger partial charge in [-0.05, 0) is 38.1 Å². The monoisotopic (exact) mass is 393 g/mol. The lowest BCUT2D eigenvalue weighted by atomic mass is 10.0. The molecule has 6 nitrogen and oxygen atoms in total. The fraction of sp³-hybridized carbons (Fsp3) is 0.435. The topological polar surface area (TPSA) is 62.7 Å². The van der Waals surface area contributed by atoms with Gasteiger partial charge in [-0.2, -0.15) is 0 Å². The van der Waals surface area contributed by atoms with Gasteiger partial charge in [0.1, 0.15) is 11.9 Å². The van der Waals surface area contributed by atoms with Crippen LogP contribution >= 0.6 is 0 Å². The van der Waals surface area contributed by atoms with Gasteiger partial charge in [-0.1, -0.05) is 17.7 Å². The summed E-state index contributed by atoms with van der Waals surface area (Å²) < 4.78 is 6.00. The molecule has 2 amide bonds. The van der Waals surface area contributed by atoms with Gasteiger partial charge in [0.05, 0.1) is 12.1 Å². The van der Waals surface area contributed by atoms with Crippen molar-refractivity contribution in [2.75, 3.05) is 24.5 Å². The summed E-state index contributed by atoms with van der Waals surface area (Å²) in [6, 6.07) is 11.7. The molecular weight excluding hydrogens is 366 g/mol. The number of benzene rings is 1. The van der Waals surface area contributed by atoms with E-state index in [0.29, 0.717) is 19.6 Å². The van der Waals surface area contributed by atoms with Crippen molar-refractivity contribution in [1.82, 2.24) is 9.88 Å². The van der Waals surface area contributed by atoms with Gasteiger partial charge in [-0.25, -0.2) is 0 Å². The molecule has 0 bridgehead atoms. The number of ether oxygens (including phenoxy) is 1. The zero-order valence-corrected chi connectivity index (χ0v) is 17.0. The number of pyridine rings is 1. The number of amides is 2. The van der Waals surface area contributed by atoms with E-state index in [4.69, 9.17) is 4.74 Å². The minimum absolute atomic E-state index is 0.0253. The van der Waals surface area contributed by atoms with Crippen LogP contribution in [-0.2, 0) is 9.59 Å². The summed E-state index contributed by atoms with van der Waals surface area (Å²) in [6.45, 7) is 5.76. The zero-order valence-electron chi connectivity index (χ0n) is 17.0. The number of hydrogen-bond donors (Lipinski definition) is 0. The fourth-order valence-electron chi connectivity index (χ4n) is 4.02. The predicted octanol–water partition coefficient (Wildman–Crippen LogP) is 3.12. The minimum atomic E-state index is -0.262. The van der Waals surface area contributed by atoms with Crippen molar-refractivity contribution in [2.45, 2.75) is 39.2 Å². The predicted molar refractivity (Wildman–Crippen MR) is 111 cm³/mol. The first-order valence-electron chi connectivity index (χ1n) is 10.2. The molecule has 2 fully saturated rings. The number of aryl methyl sites for hydroxylation is 2. The molecule has 6 heteroatoms. The van der Waals surface area contributed by atoms with E-state index in [2.05, 4.69) is 4.98 Å². The van der Waals surface area contributed by atoms with Crippen molar-refractivity contribution in [3.63, 3.8) is 0 Å². The van der Waals surface area contributed by atoms with Crippen molar-refractivity contribution in [3.8, 4) is 5.75 Å². The van der Waals surface area contributed by atoms with E-state index in [1.54, 1.807) is 11.1 Å². The third-order valence-electron chi connectivity index (χ3n) is 5.76. The van der Waals surface area contributed by atoms with Crippen LogP contribution in [0.1, 0.15) is 30.5 Å². The van der Waals surface area contributed by atoms with Gasteiger partial charge in [0, 0.05) is 50.3 Å². The van der Waals surface area contributed by atoms with Gasteiger partial charge >= 0.3 is 0 Å². The van der Waals surface area contributed by atoms with Crippen LogP contribution in [0.3, 0.4) is 0 Å². The number of likely N-dealkylation sites (tertiary alicyclic amines) is 1. The molecule has 2 saturated heterocycles. The first kappa shape index (κ1) is 19.4. The van der Waals surface area contributed by atoms with E-state index >= 15 is 0 Å². The highest BCUT2D eigenvalue weighted by molar-refractivity contribution is 6.00. The van der Waals surface area contributed by atoms with Gasteiger partial charge in [-0.15, -0.1) is 0 Å². The van der Waals surface area contributed by atoms with Crippen molar-refractivity contribution >= 4 is 17.5 Å². The first-order valence-corrected chi connectivity index (χ1v) is 10.2. The van der Waals surface area contributed by atoms with Crippen molar-refractivity contribution in [3.05, 3.63) is 53.9 Å². The maximum Gasteiger partial charge on any atom is 0.228 e. The van der Waals surface area contributed by atoms with E-state index in [0.717, 1.165) is 35.5 Å². The Balaban J connectivity index is 1.31. The third-order valence-corrected chi connectivity index (χ3v) is 5.76. The zero-order chi connectivity index (χ0) is 20.4. The van der Waals surface area contributed by atoms with Gasteiger partial charge in [0.2, 0.25) is 11.8 Å². The summed E-state index contributed by atoms with van der Waals surface area (Å²) in [5, 5.41) is 0. The van der Waals surface area contributed by atoms with Crippen LogP contribution in [-0.4, -0.2) is 47.4 Å². The smallest absolute Gasteiger partial charge is 0.228 e. The molecule has 0 N–H and O–H groups in total. The summed E-state index contributed by atoms with van der Waals surface area (Å²) in [5.74, 6) is 0.624. The molecule has 4 rings (SSSR count). The molecule has 1 aromatic heterocycles. The largest absolute Gasteiger partial charge is 0.489 e. The maximum atomic E-state index is 13.0. The van der Waals surface area contributed by atoms with Crippen molar-refractivity contribution in [1.29, 1.82) is 0 Å². The minimum Gasteiger partial charge on any atom is -0.489 e. The van der Waals surface area contributed by atoms with E-state index < -0.39 is 0 Å². The van der Waals surface area contributed by atoms with Gasteiger partial charge < -0.3 is 14.5 Å². The van der Waals surface area contributed by atoms with E-state index in [-0.39, 0.29) is 30.3 Å². The Labute approximate surface area is 171 Å². The number of hydrogen-bond acceptors (Lipinski definition) is 4. The average Bonchev–Trinajstić information content (AvgIpc) is 3.12. The Bertz CT molecular complexity index is 871.